The van der Waals surface area contributed by atoms with Gasteiger partial charge in [0.25, 0.3) is 0 Å². The van der Waals surface area contributed by atoms with Gasteiger partial charge in [-0.2, -0.15) is 11.8 Å². The van der Waals surface area contributed by atoms with Gasteiger partial charge >= 0.3 is 6.09 Å². The van der Waals surface area contributed by atoms with Crippen molar-refractivity contribution in [2.24, 2.45) is 4.99 Å². The zero-order valence-electron chi connectivity index (χ0n) is 18.3. The number of guanidine groups is 1. The molecule has 0 aliphatic carbocycles. The van der Waals surface area contributed by atoms with E-state index in [2.05, 4.69) is 39.2 Å². The van der Waals surface area contributed by atoms with Crippen LogP contribution in [0.25, 0.3) is 0 Å². The topological polar surface area (TPSA) is 69.2 Å². The lowest BCUT2D eigenvalue weighted by molar-refractivity contribution is 0.0145. The highest BCUT2D eigenvalue weighted by atomic mass is 32.2. The van der Waals surface area contributed by atoms with E-state index in [1.807, 2.05) is 32.7 Å². The maximum Gasteiger partial charge on any atom is 0.410 e. The van der Waals surface area contributed by atoms with Gasteiger partial charge in [-0.25, -0.2) is 4.79 Å². The van der Waals surface area contributed by atoms with Crippen LogP contribution in [0.15, 0.2) is 4.99 Å². The molecule has 0 bridgehead atoms. The molecule has 2 rings (SSSR count). The molecule has 0 radical (unpaired) electrons. The van der Waals surface area contributed by atoms with Crippen molar-refractivity contribution in [2.75, 3.05) is 58.6 Å². The summed E-state index contributed by atoms with van der Waals surface area (Å²) in [4.78, 5) is 20.7. The predicted molar refractivity (Wildman–Crippen MR) is 118 cm³/mol. The van der Waals surface area contributed by atoms with Crippen molar-refractivity contribution in [3.05, 3.63) is 0 Å². The number of thioether (sulfide) groups is 1. The van der Waals surface area contributed by atoms with Crippen LogP contribution in [0.4, 0.5) is 4.79 Å². The third-order valence-electron chi connectivity index (χ3n) is 5.12. The Bertz CT molecular complexity index is 521. The minimum atomic E-state index is -0.430. The molecule has 0 spiro atoms. The minimum absolute atomic E-state index is 0.196. The number of nitrogens with zero attached hydrogens (tertiary/aromatic N) is 3. The molecular formula is C20H39N5O2S. The normalized spacial score (nSPS) is 24.3. The molecule has 7 nitrogen and oxygen atoms in total. The summed E-state index contributed by atoms with van der Waals surface area (Å²) in [6.45, 7) is 14.2. The van der Waals surface area contributed by atoms with E-state index in [-0.39, 0.29) is 6.09 Å². The molecule has 0 aromatic carbocycles. The van der Waals surface area contributed by atoms with E-state index < -0.39 is 5.60 Å². The molecule has 0 aromatic heterocycles. The van der Waals surface area contributed by atoms with Crippen molar-refractivity contribution in [3.8, 4) is 0 Å². The first kappa shape index (κ1) is 23.1. The Balaban J connectivity index is 1.58. The fraction of sp³-hybridized carbons (Fsp3) is 0.900. The molecule has 2 aliphatic rings. The smallest absolute Gasteiger partial charge is 0.410 e. The molecule has 2 aliphatic heterocycles. The Morgan fingerprint density at radius 1 is 1.21 bits per heavy atom. The van der Waals surface area contributed by atoms with Crippen LogP contribution in [0.2, 0.25) is 0 Å². The van der Waals surface area contributed by atoms with Gasteiger partial charge in [-0.15, -0.1) is 0 Å². The van der Waals surface area contributed by atoms with Gasteiger partial charge in [0.15, 0.2) is 5.96 Å². The average molecular weight is 414 g/mol. The molecule has 2 fully saturated rings. The van der Waals surface area contributed by atoms with E-state index in [0.717, 1.165) is 58.2 Å². The summed E-state index contributed by atoms with van der Waals surface area (Å²) < 4.78 is 5.79. The summed E-state index contributed by atoms with van der Waals surface area (Å²) in [7, 11) is 1.83. The van der Waals surface area contributed by atoms with E-state index in [1.54, 1.807) is 0 Å². The lowest BCUT2D eigenvalue weighted by Gasteiger charge is -2.35. The molecule has 1 atom stereocenters. The van der Waals surface area contributed by atoms with Gasteiger partial charge in [-0.1, -0.05) is 0 Å². The number of hydrogen-bond donors (Lipinski definition) is 2. The summed E-state index contributed by atoms with van der Waals surface area (Å²) in [6, 6.07) is 0. The van der Waals surface area contributed by atoms with Crippen LogP contribution in [0.5, 0.6) is 0 Å². The average Bonchev–Trinajstić information content (AvgIpc) is 3.07. The number of carbonyl (C=O) groups is 1. The molecular weight excluding hydrogens is 374 g/mol. The molecule has 2 saturated heterocycles. The molecule has 8 heteroatoms. The van der Waals surface area contributed by atoms with Crippen LogP contribution in [0.3, 0.4) is 0 Å². The standard InChI is InChI=1S/C20H39N5O2S/c1-19(2,3)27-18(26)25-13-11-24(12-14-25)10-7-9-22-17(21-5)23-16-20(4)8-6-15-28-20/h6-16H2,1-5H3,(H2,21,22,23). The van der Waals surface area contributed by atoms with Crippen molar-refractivity contribution in [3.63, 3.8) is 0 Å². The second-order valence-electron chi connectivity index (χ2n) is 8.92. The number of piperazine rings is 1. The van der Waals surface area contributed by atoms with E-state index in [4.69, 9.17) is 4.74 Å². The second kappa shape index (κ2) is 10.6. The van der Waals surface area contributed by atoms with Crippen LogP contribution in [0.1, 0.15) is 47.0 Å². The van der Waals surface area contributed by atoms with Crippen LogP contribution >= 0.6 is 11.8 Å². The Morgan fingerprint density at radius 3 is 2.50 bits per heavy atom. The van der Waals surface area contributed by atoms with Crippen molar-refractivity contribution in [1.82, 2.24) is 20.4 Å². The lowest BCUT2D eigenvalue weighted by Crippen LogP contribution is -2.50. The predicted octanol–water partition coefficient (Wildman–Crippen LogP) is 2.38. The van der Waals surface area contributed by atoms with E-state index in [9.17, 15) is 4.79 Å². The Morgan fingerprint density at radius 2 is 1.93 bits per heavy atom. The summed E-state index contributed by atoms with van der Waals surface area (Å²) in [5.74, 6) is 2.16. The zero-order chi connectivity index (χ0) is 20.6. The van der Waals surface area contributed by atoms with Crippen molar-refractivity contribution in [1.29, 1.82) is 0 Å². The van der Waals surface area contributed by atoms with Crippen molar-refractivity contribution in [2.45, 2.75) is 57.3 Å². The molecule has 162 valence electrons. The van der Waals surface area contributed by atoms with Gasteiger partial charge in [0, 0.05) is 51.1 Å². The Hall–Kier alpha value is -1.15. The monoisotopic (exact) mass is 413 g/mol. The van der Waals surface area contributed by atoms with Crippen molar-refractivity contribution >= 4 is 23.8 Å². The van der Waals surface area contributed by atoms with Crippen LogP contribution in [0, 0.1) is 0 Å². The number of aliphatic imine (C=N–C) groups is 1. The van der Waals surface area contributed by atoms with Crippen molar-refractivity contribution < 1.29 is 9.53 Å². The SMILES string of the molecule is CN=C(NCCCN1CCN(C(=O)OC(C)(C)C)CC1)NCC1(C)CCCS1. The first-order valence-electron chi connectivity index (χ1n) is 10.5. The Kier molecular flexibility index (Phi) is 8.74. The maximum atomic E-state index is 12.1. The molecule has 2 heterocycles. The van der Waals surface area contributed by atoms with Gasteiger partial charge in [0.2, 0.25) is 0 Å². The number of rotatable bonds is 6. The Labute approximate surface area is 175 Å². The van der Waals surface area contributed by atoms with E-state index >= 15 is 0 Å². The highest BCUT2D eigenvalue weighted by molar-refractivity contribution is 8.00. The summed E-state index contributed by atoms with van der Waals surface area (Å²) in [5, 5.41) is 6.89. The molecule has 1 unspecified atom stereocenters. The summed E-state index contributed by atoms with van der Waals surface area (Å²) in [5.41, 5.74) is -0.430. The largest absolute Gasteiger partial charge is 0.444 e. The molecule has 2 N–H and O–H groups in total. The highest BCUT2D eigenvalue weighted by Crippen LogP contribution is 2.36. The van der Waals surface area contributed by atoms with E-state index in [1.165, 1.54) is 18.6 Å². The first-order valence-corrected chi connectivity index (χ1v) is 11.5. The fourth-order valence-electron chi connectivity index (χ4n) is 3.46. The summed E-state index contributed by atoms with van der Waals surface area (Å²) >= 11 is 2.06. The third-order valence-corrected chi connectivity index (χ3v) is 6.66. The molecule has 0 saturated carbocycles. The van der Waals surface area contributed by atoms with Crippen LogP contribution in [-0.4, -0.2) is 90.8 Å². The first-order chi connectivity index (χ1) is 13.2. The molecule has 28 heavy (non-hydrogen) atoms. The number of amides is 1. The maximum absolute atomic E-state index is 12.1. The number of carbonyl (C=O) groups excluding carboxylic acids is 1. The molecule has 0 aromatic rings. The number of ether oxygens (including phenoxy) is 1. The van der Waals surface area contributed by atoms with Gasteiger partial charge in [0.1, 0.15) is 5.60 Å². The van der Waals surface area contributed by atoms with Gasteiger partial charge in [0.05, 0.1) is 0 Å². The van der Waals surface area contributed by atoms with Gasteiger partial charge in [-0.3, -0.25) is 9.89 Å². The second-order valence-corrected chi connectivity index (χ2v) is 10.6. The van der Waals surface area contributed by atoms with Crippen LogP contribution < -0.4 is 10.6 Å². The molecule has 1 amide bonds. The zero-order valence-corrected chi connectivity index (χ0v) is 19.2. The van der Waals surface area contributed by atoms with Gasteiger partial charge < -0.3 is 20.3 Å². The highest BCUT2D eigenvalue weighted by Gasteiger charge is 2.29. The summed E-state index contributed by atoms with van der Waals surface area (Å²) in [6.07, 6.45) is 3.45. The lowest BCUT2D eigenvalue weighted by atomic mass is 10.1. The fourth-order valence-corrected chi connectivity index (χ4v) is 4.70. The van der Waals surface area contributed by atoms with E-state index in [0.29, 0.717) is 4.75 Å². The number of hydrogen-bond acceptors (Lipinski definition) is 5. The van der Waals surface area contributed by atoms with Crippen LogP contribution in [-0.2, 0) is 4.74 Å². The quantitative estimate of drug-likeness (QED) is 0.396. The number of nitrogens with one attached hydrogen (secondary N) is 2. The minimum Gasteiger partial charge on any atom is -0.444 e. The van der Waals surface area contributed by atoms with Gasteiger partial charge in [-0.05, 0) is 59.3 Å². The third kappa shape index (κ3) is 8.07.